The highest BCUT2D eigenvalue weighted by Crippen LogP contribution is 2.21. The molecule has 1 aromatic carbocycles. The molecule has 5 nitrogen and oxygen atoms in total. The Kier molecular flexibility index (Phi) is 4.97. The summed E-state index contributed by atoms with van der Waals surface area (Å²) in [5.41, 5.74) is 7.71. The predicted octanol–water partition coefficient (Wildman–Crippen LogP) is 2.47. The Labute approximate surface area is 132 Å². The molecule has 0 aliphatic rings. The van der Waals surface area contributed by atoms with Crippen molar-refractivity contribution in [2.75, 3.05) is 5.73 Å². The summed E-state index contributed by atoms with van der Waals surface area (Å²) < 4.78 is 27.8. The third-order valence-electron chi connectivity index (χ3n) is 3.09. The van der Waals surface area contributed by atoms with E-state index >= 15 is 0 Å². The van der Waals surface area contributed by atoms with Crippen molar-refractivity contribution in [3.05, 3.63) is 52.1 Å². The molecule has 0 spiro atoms. The summed E-state index contributed by atoms with van der Waals surface area (Å²) in [6, 6.07) is 9.16. The van der Waals surface area contributed by atoms with Crippen LogP contribution in [0.1, 0.15) is 18.1 Å². The van der Waals surface area contributed by atoms with E-state index in [4.69, 9.17) is 5.73 Å². The monoisotopic (exact) mass is 369 g/mol. The molecule has 2 rings (SSSR count). The standard InChI is InChI=1S/C14H16BrN3O2S/c1-2-10-5-3-4-6-11(10)8-18-21(19,20)13-7-12(15)9-17-14(13)16/h3-7,9,18H,2,8H2,1H3,(H2,16,17). The molecular weight excluding hydrogens is 354 g/mol. The Balaban J connectivity index is 2.24. The smallest absolute Gasteiger partial charge is 0.244 e. The maximum absolute atomic E-state index is 12.3. The summed E-state index contributed by atoms with van der Waals surface area (Å²) in [6.45, 7) is 2.25. The summed E-state index contributed by atoms with van der Waals surface area (Å²) in [6.07, 6.45) is 2.30. The number of hydrogen-bond acceptors (Lipinski definition) is 4. The van der Waals surface area contributed by atoms with E-state index in [0.717, 1.165) is 17.5 Å². The minimum absolute atomic E-state index is 0.0190. The van der Waals surface area contributed by atoms with Crippen LogP contribution >= 0.6 is 15.9 Å². The van der Waals surface area contributed by atoms with Gasteiger partial charge in [-0.1, -0.05) is 31.2 Å². The van der Waals surface area contributed by atoms with Crippen LogP contribution in [0.4, 0.5) is 5.82 Å². The third kappa shape index (κ3) is 3.81. The van der Waals surface area contributed by atoms with Gasteiger partial charge >= 0.3 is 0 Å². The lowest BCUT2D eigenvalue weighted by atomic mass is 10.1. The molecule has 0 saturated carbocycles. The Bertz CT molecular complexity index is 748. The van der Waals surface area contributed by atoms with Gasteiger partial charge in [0.15, 0.2) is 0 Å². The number of anilines is 1. The minimum atomic E-state index is -3.70. The summed E-state index contributed by atoms with van der Waals surface area (Å²) >= 11 is 3.20. The van der Waals surface area contributed by atoms with Crippen LogP contribution in [0.2, 0.25) is 0 Å². The predicted molar refractivity (Wildman–Crippen MR) is 86.2 cm³/mol. The maximum Gasteiger partial charge on any atom is 0.244 e. The van der Waals surface area contributed by atoms with Crippen molar-refractivity contribution in [1.29, 1.82) is 0 Å². The molecule has 0 bridgehead atoms. The third-order valence-corrected chi connectivity index (χ3v) is 4.95. The van der Waals surface area contributed by atoms with Crippen molar-refractivity contribution < 1.29 is 8.42 Å². The van der Waals surface area contributed by atoms with Gasteiger partial charge in [-0.15, -0.1) is 0 Å². The van der Waals surface area contributed by atoms with Crippen LogP contribution in [-0.2, 0) is 23.0 Å². The number of pyridine rings is 1. The van der Waals surface area contributed by atoms with Gasteiger partial charge in [-0.3, -0.25) is 0 Å². The molecule has 0 aliphatic carbocycles. The number of halogens is 1. The van der Waals surface area contributed by atoms with Crippen LogP contribution in [0.15, 0.2) is 45.9 Å². The first-order valence-electron chi connectivity index (χ1n) is 6.41. The lowest BCUT2D eigenvalue weighted by Gasteiger charge is -2.11. The van der Waals surface area contributed by atoms with E-state index in [1.54, 1.807) is 0 Å². The molecule has 0 fully saturated rings. The first kappa shape index (κ1) is 15.9. The second-order valence-corrected chi connectivity index (χ2v) is 7.13. The van der Waals surface area contributed by atoms with Crippen molar-refractivity contribution in [3.63, 3.8) is 0 Å². The first-order chi connectivity index (χ1) is 9.94. The molecular formula is C14H16BrN3O2S. The van der Waals surface area contributed by atoms with E-state index in [9.17, 15) is 8.42 Å². The van der Waals surface area contributed by atoms with E-state index < -0.39 is 10.0 Å². The number of sulfonamides is 1. The highest BCUT2D eigenvalue weighted by Gasteiger charge is 2.19. The Morgan fingerprint density at radius 1 is 1.29 bits per heavy atom. The molecule has 0 amide bonds. The number of aromatic nitrogens is 1. The lowest BCUT2D eigenvalue weighted by Crippen LogP contribution is -2.25. The van der Waals surface area contributed by atoms with E-state index in [-0.39, 0.29) is 17.3 Å². The van der Waals surface area contributed by atoms with Gasteiger partial charge in [0.25, 0.3) is 0 Å². The fourth-order valence-electron chi connectivity index (χ4n) is 1.97. The number of nitrogen functional groups attached to an aromatic ring is 1. The summed E-state index contributed by atoms with van der Waals surface area (Å²) in [4.78, 5) is 3.82. The fourth-order valence-corrected chi connectivity index (χ4v) is 3.57. The molecule has 7 heteroatoms. The number of nitrogens with zero attached hydrogens (tertiary/aromatic N) is 1. The SMILES string of the molecule is CCc1ccccc1CNS(=O)(=O)c1cc(Br)cnc1N. The van der Waals surface area contributed by atoms with Crippen LogP contribution in [0.3, 0.4) is 0 Å². The Hall–Kier alpha value is -1.44. The number of rotatable bonds is 5. The molecule has 0 radical (unpaired) electrons. The molecule has 21 heavy (non-hydrogen) atoms. The summed E-state index contributed by atoms with van der Waals surface area (Å²) in [7, 11) is -3.70. The van der Waals surface area contributed by atoms with Gasteiger partial charge in [0.2, 0.25) is 10.0 Å². The van der Waals surface area contributed by atoms with E-state index in [1.807, 2.05) is 31.2 Å². The van der Waals surface area contributed by atoms with Gasteiger partial charge in [0.1, 0.15) is 10.7 Å². The topological polar surface area (TPSA) is 85.1 Å². The van der Waals surface area contributed by atoms with Crippen LogP contribution < -0.4 is 10.5 Å². The average molecular weight is 370 g/mol. The average Bonchev–Trinajstić information content (AvgIpc) is 2.48. The summed E-state index contributed by atoms with van der Waals surface area (Å²) in [5, 5.41) is 0. The van der Waals surface area contributed by atoms with Crippen LogP contribution in [0.5, 0.6) is 0 Å². The second kappa shape index (κ2) is 6.55. The highest BCUT2D eigenvalue weighted by atomic mass is 79.9. The van der Waals surface area contributed by atoms with E-state index in [2.05, 4.69) is 25.6 Å². The molecule has 3 N–H and O–H groups in total. The van der Waals surface area contributed by atoms with Gasteiger partial charge in [-0.25, -0.2) is 18.1 Å². The van der Waals surface area contributed by atoms with Gasteiger partial charge in [-0.2, -0.15) is 0 Å². The number of aryl methyl sites for hydroxylation is 1. The normalized spacial score (nSPS) is 11.5. The van der Waals surface area contributed by atoms with Gasteiger partial charge < -0.3 is 5.73 Å². The molecule has 1 aromatic heterocycles. The lowest BCUT2D eigenvalue weighted by molar-refractivity contribution is 0.581. The van der Waals surface area contributed by atoms with E-state index in [0.29, 0.717) is 4.47 Å². The summed E-state index contributed by atoms with van der Waals surface area (Å²) in [5.74, 6) is -0.0190. The highest BCUT2D eigenvalue weighted by molar-refractivity contribution is 9.10. The second-order valence-electron chi connectivity index (χ2n) is 4.48. The Morgan fingerprint density at radius 2 is 1.95 bits per heavy atom. The molecule has 0 aliphatic heterocycles. The molecule has 112 valence electrons. The quantitative estimate of drug-likeness (QED) is 0.847. The molecule has 2 aromatic rings. The number of nitrogens with one attached hydrogen (secondary N) is 1. The molecule has 0 saturated heterocycles. The van der Waals surface area contributed by atoms with Crippen molar-refractivity contribution in [3.8, 4) is 0 Å². The van der Waals surface area contributed by atoms with Crippen LogP contribution in [0.25, 0.3) is 0 Å². The van der Waals surface area contributed by atoms with Crippen molar-refractivity contribution in [2.45, 2.75) is 24.8 Å². The van der Waals surface area contributed by atoms with Gasteiger partial charge in [0, 0.05) is 17.2 Å². The van der Waals surface area contributed by atoms with Crippen molar-refractivity contribution >= 4 is 31.8 Å². The first-order valence-corrected chi connectivity index (χ1v) is 8.69. The Morgan fingerprint density at radius 3 is 2.62 bits per heavy atom. The zero-order chi connectivity index (χ0) is 15.5. The molecule has 0 unspecified atom stereocenters. The zero-order valence-electron chi connectivity index (χ0n) is 11.5. The van der Waals surface area contributed by atoms with Crippen LogP contribution in [-0.4, -0.2) is 13.4 Å². The number of nitrogens with two attached hydrogens (primary N) is 1. The van der Waals surface area contributed by atoms with Crippen molar-refractivity contribution in [1.82, 2.24) is 9.71 Å². The van der Waals surface area contributed by atoms with Gasteiger partial charge in [0.05, 0.1) is 0 Å². The molecule has 1 heterocycles. The minimum Gasteiger partial charge on any atom is -0.383 e. The van der Waals surface area contributed by atoms with Crippen molar-refractivity contribution in [2.24, 2.45) is 0 Å². The zero-order valence-corrected chi connectivity index (χ0v) is 13.9. The van der Waals surface area contributed by atoms with Crippen LogP contribution in [0, 0.1) is 0 Å². The fraction of sp³-hybridized carbons (Fsp3) is 0.214. The number of benzene rings is 1. The van der Waals surface area contributed by atoms with E-state index in [1.165, 1.54) is 12.3 Å². The van der Waals surface area contributed by atoms with Gasteiger partial charge in [-0.05, 0) is 39.5 Å². The molecule has 0 atom stereocenters. The largest absolute Gasteiger partial charge is 0.383 e. The number of hydrogen-bond donors (Lipinski definition) is 2. The maximum atomic E-state index is 12.3.